The molecular formula is C22H23N3O5S2. The van der Waals surface area contributed by atoms with Gasteiger partial charge in [0.2, 0.25) is 0 Å². The highest BCUT2D eigenvalue weighted by Gasteiger charge is 2.31. The molecule has 2 atom stereocenters. The lowest BCUT2D eigenvalue weighted by molar-refractivity contribution is -0.148. The second kappa shape index (κ2) is 8.95. The summed E-state index contributed by atoms with van der Waals surface area (Å²) in [5, 5.41) is 0.366. The van der Waals surface area contributed by atoms with Gasteiger partial charge in [-0.15, -0.1) is 11.8 Å². The van der Waals surface area contributed by atoms with Gasteiger partial charge in [0.1, 0.15) is 11.9 Å². The lowest BCUT2D eigenvalue weighted by Gasteiger charge is -2.22. The predicted octanol–water partition coefficient (Wildman–Crippen LogP) is 2.57. The van der Waals surface area contributed by atoms with Crippen LogP contribution in [0.3, 0.4) is 0 Å². The molecule has 10 heteroatoms. The van der Waals surface area contributed by atoms with Crippen LogP contribution in [0.25, 0.3) is 0 Å². The monoisotopic (exact) mass is 473 g/mol. The van der Waals surface area contributed by atoms with Crippen molar-refractivity contribution in [3.8, 4) is 0 Å². The number of nitrogens with zero attached hydrogens (tertiary/aromatic N) is 2. The standard InChI is InChI=1S/C22H23N3O5S2/c1-14-11-12-25(17-8-4-5-9-18(17)31-14)20(26)13-30-22(27)15(2)23-21-16-7-3-6-10-19(16)32(28,29)24-21/h3-10,14-15H,11-13H2,1-2H3,(H,23,24)/t14?,15-/m0/s1. The van der Waals surface area contributed by atoms with E-state index in [1.165, 1.54) is 13.0 Å². The first-order valence-corrected chi connectivity index (χ1v) is 12.6. The normalized spacial score (nSPS) is 21.1. The number of ether oxygens (including phenoxy) is 1. The van der Waals surface area contributed by atoms with Crippen molar-refractivity contribution >= 4 is 45.2 Å². The van der Waals surface area contributed by atoms with Gasteiger partial charge in [0, 0.05) is 22.3 Å². The molecule has 2 heterocycles. The van der Waals surface area contributed by atoms with Crippen LogP contribution in [-0.4, -0.2) is 50.6 Å². The van der Waals surface area contributed by atoms with Gasteiger partial charge < -0.3 is 9.64 Å². The summed E-state index contributed by atoms with van der Waals surface area (Å²) in [5.41, 5.74) is 1.21. The zero-order valence-electron chi connectivity index (χ0n) is 17.6. The minimum absolute atomic E-state index is 0.0869. The zero-order chi connectivity index (χ0) is 22.9. The number of aliphatic imine (C=N–C) groups is 1. The number of nitrogens with one attached hydrogen (secondary N) is 1. The number of hydrogen-bond acceptors (Lipinski definition) is 7. The third-order valence-electron chi connectivity index (χ3n) is 5.21. The van der Waals surface area contributed by atoms with E-state index in [9.17, 15) is 18.0 Å². The maximum absolute atomic E-state index is 12.9. The van der Waals surface area contributed by atoms with Crippen LogP contribution in [0.1, 0.15) is 25.8 Å². The number of carbonyl (C=O) groups is 2. The van der Waals surface area contributed by atoms with Crippen LogP contribution in [0.15, 0.2) is 63.3 Å². The second-order valence-corrected chi connectivity index (χ2v) is 10.7. The summed E-state index contributed by atoms with van der Waals surface area (Å²) in [4.78, 5) is 32.3. The molecule has 0 aromatic heterocycles. The van der Waals surface area contributed by atoms with Gasteiger partial charge >= 0.3 is 5.97 Å². The van der Waals surface area contributed by atoms with E-state index in [0.29, 0.717) is 17.4 Å². The lowest BCUT2D eigenvalue weighted by atomic mass is 10.2. The lowest BCUT2D eigenvalue weighted by Crippen LogP contribution is -2.37. The van der Waals surface area contributed by atoms with Gasteiger partial charge in [-0.1, -0.05) is 31.2 Å². The molecule has 168 valence electrons. The molecule has 0 bridgehead atoms. The topological polar surface area (TPSA) is 105 Å². The molecule has 8 nitrogen and oxygen atoms in total. The van der Waals surface area contributed by atoms with Gasteiger partial charge in [-0.3, -0.25) is 14.5 Å². The number of amides is 1. The SMILES string of the molecule is CC1CCN(C(=O)COC(=O)[C@H](C)N=C2NS(=O)(=O)c3ccccc32)c2ccccc2S1. The molecule has 32 heavy (non-hydrogen) atoms. The Labute approximate surface area is 191 Å². The zero-order valence-corrected chi connectivity index (χ0v) is 19.3. The van der Waals surface area contributed by atoms with Gasteiger partial charge in [0.05, 0.1) is 10.6 Å². The smallest absolute Gasteiger partial charge is 0.331 e. The summed E-state index contributed by atoms with van der Waals surface area (Å²) in [6, 6.07) is 13.1. The van der Waals surface area contributed by atoms with Crippen molar-refractivity contribution in [2.45, 2.75) is 41.4 Å². The van der Waals surface area contributed by atoms with Crippen LogP contribution in [0.2, 0.25) is 0 Å². The molecule has 0 saturated carbocycles. The van der Waals surface area contributed by atoms with Crippen LogP contribution in [-0.2, 0) is 24.3 Å². The predicted molar refractivity (Wildman–Crippen MR) is 122 cm³/mol. The highest BCUT2D eigenvalue weighted by Crippen LogP contribution is 2.37. The van der Waals surface area contributed by atoms with E-state index in [1.54, 1.807) is 34.9 Å². The van der Waals surface area contributed by atoms with Gasteiger partial charge in [0.25, 0.3) is 15.9 Å². The Kier molecular flexibility index (Phi) is 6.25. The molecule has 0 fully saturated rings. The Bertz CT molecular complexity index is 1200. The summed E-state index contributed by atoms with van der Waals surface area (Å²) < 4.78 is 32.0. The number of fused-ring (bicyclic) bond motifs is 2. The number of amidine groups is 1. The number of para-hydroxylation sites is 1. The number of carbonyl (C=O) groups excluding carboxylic acids is 2. The molecule has 2 aromatic carbocycles. The van der Waals surface area contributed by atoms with E-state index in [0.717, 1.165) is 17.0 Å². The average Bonchev–Trinajstić information content (AvgIpc) is 2.91. The fourth-order valence-corrected chi connectivity index (χ4v) is 5.91. The van der Waals surface area contributed by atoms with Gasteiger partial charge in [-0.25, -0.2) is 13.2 Å². The Balaban J connectivity index is 1.43. The van der Waals surface area contributed by atoms with Crippen LogP contribution < -0.4 is 9.62 Å². The number of thioether (sulfide) groups is 1. The minimum atomic E-state index is -3.70. The number of rotatable bonds is 4. The molecule has 0 spiro atoms. The van der Waals surface area contributed by atoms with Crippen molar-refractivity contribution in [1.29, 1.82) is 0 Å². The van der Waals surface area contributed by atoms with Crippen LogP contribution >= 0.6 is 11.8 Å². The van der Waals surface area contributed by atoms with E-state index in [1.807, 2.05) is 24.3 Å². The first-order valence-electron chi connectivity index (χ1n) is 10.2. The van der Waals surface area contributed by atoms with Crippen LogP contribution in [0.4, 0.5) is 5.69 Å². The third-order valence-corrected chi connectivity index (χ3v) is 7.84. The fraction of sp³-hybridized carbons (Fsp3) is 0.318. The summed E-state index contributed by atoms with van der Waals surface area (Å²) in [6.45, 7) is 3.74. The first-order chi connectivity index (χ1) is 15.3. The number of anilines is 1. The van der Waals surface area contributed by atoms with Gasteiger partial charge in [-0.2, -0.15) is 0 Å². The Morgan fingerprint density at radius 2 is 1.94 bits per heavy atom. The number of benzene rings is 2. The van der Waals surface area contributed by atoms with Crippen LogP contribution in [0.5, 0.6) is 0 Å². The van der Waals surface area contributed by atoms with Gasteiger partial charge in [-0.05, 0) is 37.6 Å². The molecule has 1 N–H and O–H groups in total. The first kappa shape index (κ1) is 22.3. The van der Waals surface area contributed by atoms with E-state index >= 15 is 0 Å². The van der Waals surface area contributed by atoms with Crippen molar-refractivity contribution in [3.63, 3.8) is 0 Å². The molecule has 1 unspecified atom stereocenters. The molecule has 0 radical (unpaired) electrons. The van der Waals surface area contributed by atoms with Crippen LogP contribution in [0, 0.1) is 0 Å². The fourth-order valence-electron chi connectivity index (χ4n) is 3.55. The molecule has 2 aromatic rings. The second-order valence-electron chi connectivity index (χ2n) is 7.59. The summed E-state index contributed by atoms with van der Waals surface area (Å²) in [6.07, 6.45) is 0.822. The molecule has 4 rings (SSSR count). The summed E-state index contributed by atoms with van der Waals surface area (Å²) >= 11 is 1.72. The number of esters is 1. The third kappa shape index (κ3) is 4.51. The van der Waals surface area contributed by atoms with Crippen molar-refractivity contribution in [2.24, 2.45) is 4.99 Å². The Morgan fingerprint density at radius 3 is 2.75 bits per heavy atom. The summed E-state index contributed by atoms with van der Waals surface area (Å²) in [7, 11) is -3.70. The van der Waals surface area contributed by atoms with E-state index in [-0.39, 0.29) is 16.6 Å². The highest BCUT2D eigenvalue weighted by atomic mass is 32.2. The number of sulfonamides is 1. The van der Waals surface area contributed by atoms with Crippen molar-refractivity contribution < 1.29 is 22.7 Å². The maximum Gasteiger partial charge on any atom is 0.331 e. The van der Waals surface area contributed by atoms with E-state index < -0.39 is 28.6 Å². The van der Waals surface area contributed by atoms with Crippen molar-refractivity contribution in [2.75, 3.05) is 18.1 Å². The largest absolute Gasteiger partial charge is 0.454 e. The molecule has 2 aliphatic rings. The average molecular weight is 474 g/mol. The van der Waals surface area contributed by atoms with Gasteiger partial charge in [0.15, 0.2) is 6.61 Å². The molecule has 2 aliphatic heterocycles. The van der Waals surface area contributed by atoms with E-state index in [4.69, 9.17) is 4.74 Å². The molecule has 0 saturated heterocycles. The molecule has 0 aliphatic carbocycles. The number of hydrogen-bond donors (Lipinski definition) is 1. The summed E-state index contributed by atoms with van der Waals surface area (Å²) in [5.74, 6) is -0.934. The minimum Gasteiger partial charge on any atom is -0.454 e. The molecule has 1 amide bonds. The quantitative estimate of drug-likeness (QED) is 0.685. The Morgan fingerprint density at radius 1 is 1.22 bits per heavy atom. The maximum atomic E-state index is 12.9. The van der Waals surface area contributed by atoms with Crippen molar-refractivity contribution in [3.05, 3.63) is 54.1 Å². The highest BCUT2D eigenvalue weighted by molar-refractivity contribution is 8.00. The van der Waals surface area contributed by atoms with Crippen molar-refractivity contribution in [1.82, 2.24) is 4.72 Å². The molecular weight excluding hydrogens is 450 g/mol. The van der Waals surface area contributed by atoms with E-state index in [2.05, 4.69) is 16.6 Å². The Hall–Kier alpha value is -2.85.